The molecule has 1 aromatic heterocycles. The van der Waals surface area contributed by atoms with Crippen LogP contribution in [-0.4, -0.2) is 18.1 Å². The van der Waals surface area contributed by atoms with Crippen molar-refractivity contribution in [1.29, 1.82) is 0 Å². The van der Waals surface area contributed by atoms with Gasteiger partial charge in [0.15, 0.2) is 0 Å². The number of anilines is 2. The van der Waals surface area contributed by atoms with Gasteiger partial charge in [-0.1, -0.05) is 30.3 Å². The molecule has 27 heavy (non-hydrogen) atoms. The van der Waals surface area contributed by atoms with Crippen LogP contribution in [0.3, 0.4) is 0 Å². The fourth-order valence-corrected chi connectivity index (χ4v) is 3.79. The summed E-state index contributed by atoms with van der Waals surface area (Å²) in [5, 5.41) is 7.53. The number of amides is 2. The van der Waals surface area contributed by atoms with Crippen molar-refractivity contribution in [2.24, 2.45) is 0 Å². The summed E-state index contributed by atoms with van der Waals surface area (Å²) >= 11 is 1.40. The molecular weight excluding hydrogens is 360 g/mol. The molecule has 2 N–H and O–H groups in total. The van der Waals surface area contributed by atoms with Gasteiger partial charge in [-0.15, -0.1) is 11.3 Å². The number of rotatable bonds is 5. The van der Waals surface area contributed by atoms with Gasteiger partial charge in [0.1, 0.15) is 12.2 Å². The first-order chi connectivity index (χ1) is 13.1. The molecule has 0 spiro atoms. The zero-order valence-electron chi connectivity index (χ0n) is 14.3. The highest BCUT2D eigenvalue weighted by molar-refractivity contribution is 7.12. The molecule has 0 bridgehead atoms. The van der Waals surface area contributed by atoms with Crippen molar-refractivity contribution >= 4 is 40.8 Å². The quantitative estimate of drug-likeness (QED) is 0.525. The van der Waals surface area contributed by atoms with Crippen molar-refractivity contribution in [1.82, 2.24) is 0 Å². The SMILES string of the molecule is O=CC1C(=O)Nc2cc(Cc3cccc(NC(=O)c4cccs4)c3)ccc21. The number of thiophene rings is 1. The average molecular weight is 376 g/mol. The second kappa shape index (κ2) is 7.17. The fourth-order valence-electron chi connectivity index (χ4n) is 3.17. The summed E-state index contributed by atoms with van der Waals surface area (Å²) in [7, 11) is 0. The van der Waals surface area contributed by atoms with Crippen LogP contribution in [0.1, 0.15) is 32.3 Å². The molecule has 5 nitrogen and oxygen atoms in total. The van der Waals surface area contributed by atoms with E-state index in [9.17, 15) is 14.4 Å². The lowest BCUT2D eigenvalue weighted by Gasteiger charge is -2.08. The number of aldehydes is 1. The Labute approximate surface area is 160 Å². The maximum atomic E-state index is 12.2. The third-order valence-electron chi connectivity index (χ3n) is 4.47. The summed E-state index contributed by atoms with van der Waals surface area (Å²) in [5.41, 5.74) is 4.20. The van der Waals surface area contributed by atoms with Crippen LogP contribution in [0, 0.1) is 0 Å². The van der Waals surface area contributed by atoms with Crippen molar-refractivity contribution in [2.75, 3.05) is 10.6 Å². The highest BCUT2D eigenvalue weighted by atomic mass is 32.1. The van der Waals surface area contributed by atoms with E-state index in [2.05, 4.69) is 10.6 Å². The van der Waals surface area contributed by atoms with Gasteiger partial charge in [-0.3, -0.25) is 9.59 Å². The standard InChI is InChI=1S/C21H16N2O3S/c24-12-17-16-7-6-14(11-18(16)23-20(17)25)9-13-3-1-4-15(10-13)22-21(26)19-5-2-8-27-19/h1-8,10-12,17H,9H2,(H,22,26)(H,23,25). The lowest BCUT2D eigenvalue weighted by molar-refractivity contribution is -0.121. The molecule has 1 aliphatic rings. The molecule has 1 aliphatic heterocycles. The smallest absolute Gasteiger partial charge is 0.265 e. The van der Waals surface area contributed by atoms with Crippen molar-refractivity contribution in [3.05, 3.63) is 81.5 Å². The predicted molar refractivity (Wildman–Crippen MR) is 105 cm³/mol. The van der Waals surface area contributed by atoms with Crippen molar-refractivity contribution in [2.45, 2.75) is 12.3 Å². The van der Waals surface area contributed by atoms with Crippen LogP contribution < -0.4 is 10.6 Å². The van der Waals surface area contributed by atoms with E-state index in [1.54, 1.807) is 6.07 Å². The highest BCUT2D eigenvalue weighted by Crippen LogP contribution is 2.32. The van der Waals surface area contributed by atoms with E-state index >= 15 is 0 Å². The molecule has 1 atom stereocenters. The molecule has 0 saturated heterocycles. The van der Waals surface area contributed by atoms with Crippen LogP contribution in [0.5, 0.6) is 0 Å². The van der Waals surface area contributed by atoms with E-state index in [1.807, 2.05) is 53.9 Å². The van der Waals surface area contributed by atoms with E-state index in [0.717, 1.165) is 22.4 Å². The minimum Gasteiger partial charge on any atom is -0.325 e. The number of carbonyl (C=O) groups excluding carboxylic acids is 3. The van der Waals surface area contributed by atoms with Gasteiger partial charge in [-0.2, -0.15) is 0 Å². The Balaban J connectivity index is 1.51. The third-order valence-corrected chi connectivity index (χ3v) is 5.34. The number of fused-ring (bicyclic) bond motifs is 1. The maximum Gasteiger partial charge on any atom is 0.265 e. The molecule has 134 valence electrons. The first-order valence-corrected chi connectivity index (χ1v) is 9.35. The summed E-state index contributed by atoms with van der Waals surface area (Å²) in [6.45, 7) is 0. The number of nitrogens with one attached hydrogen (secondary N) is 2. The third kappa shape index (κ3) is 3.52. The molecule has 0 aliphatic carbocycles. The molecular formula is C21H16N2O3S. The van der Waals surface area contributed by atoms with E-state index in [-0.39, 0.29) is 11.8 Å². The monoisotopic (exact) mass is 376 g/mol. The Morgan fingerprint density at radius 3 is 2.74 bits per heavy atom. The van der Waals surface area contributed by atoms with Gasteiger partial charge < -0.3 is 15.4 Å². The molecule has 2 heterocycles. The topological polar surface area (TPSA) is 75.3 Å². The summed E-state index contributed by atoms with van der Waals surface area (Å²) < 4.78 is 0. The van der Waals surface area contributed by atoms with Crippen LogP contribution in [0.25, 0.3) is 0 Å². The Morgan fingerprint density at radius 1 is 1.11 bits per heavy atom. The summed E-state index contributed by atoms with van der Waals surface area (Å²) in [5.74, 6) is -1.12. The lowest BCUT2D eigenvalue weighted by Crippen LogP contribution is -2.12. The second-order valence-corrected chi connectivity index (χ2v) is 7.28. The van der Waals surface area contributed by atoms with Crippen LogP contribution in [0.2, 0.25) is 0 Å². The number of hydrogen-bond acceptors (Lipinski definition) is 4. The van der Waals surface area contributed by atoms with Crippen molar-refractivity contribution in [3.63, 3.8) is 0 Å². The van der Waals surface area contributed by atoms with Gasteiger partial charge >= 0.3 is 0 Å². The molecule has 2 aromatic carbocycles. The molecule has 0 fully saturated rings. The van der Waals surface area contributed by atoms with Gasteiger partial charge in [-0.05, 0) is 52.8 Å². The Hall–Kier alpha value is -3.25. The van der Waals surface area contributed by atoms with Crippen molar-refractivity contribution in [3.8, 4) is 0 Å². The van der Waals surface area contributed by atoms with E-state index in [4.69, 9.17) is 0 Å². The van der Waals surface area contributed by atoms with Gasteiger partial charge in [0, 0.05) is 11.4 Å². The summed E-state index contributed by atoms with van der Waals surface area (Å²) in [6.07, 6.45) is 1.32. The molecule has 4 rings (SSSR count). The summed E-state index contributed by atoms with van der Waals surface area (Å²) in [6, 6.07) is 17.0. The maximum absolute atomic E-state index is 12.2. The molecule has 3 aromatic rings. The van der Waals surface area contributed by atoms with E-state index < -0.39 is 5.92 Å². The lowest BCUT2D eigenvalue weighted by atomic mass is 9.98. The van der Waals surface area contributed by atoms with Crippen LogP contribution in [-0.2, 0) is 16.0 Å². The summed E-state index contributed by atoms with van der Waals surface area (Å²) in [4.78, 5) is 35.7. The number of benzene rings is 2. The van der Waals surface area contributed by atoms with Crippen LogP contribution in [0.15, 0.2) is 60.0 Å². The van der Waals surface area contributed by atoms with Gasteiger partial charge in [-0.25, -0.2) is 0 Å². The first-order valence-electron chi connectivity index (χ1n) is 8.47. The normalized spacial score (nSPS) is 15.1. The molecule has 0 radical (unpaired) electrons. The minimum absolute atomic E-state index is 0.123. The van der Waals surface area contributed by atoms with Gasteiger partial charge in [0.25, 0.3) is 5.91 Å². The first kappa shape index (κ1) is 17.2. The largest absolute Gasteiger partial charge is 0.325 e. The van der Waals surface area contributed by atoms with Gasteiger partial charge in [0.2, 0.25) is 5.91 Å². The van der Waals surface area contributed by atoms with Gasteiger partial charge in [0.05, 0.1) is 4.88 Å². The van der Waals surface area contributed by atoms with Crippen molar-refractivity contribution < 1.29 is 14.4 Å². The minimum atomic E-state index is -0.718. The zero-order valence-corrected chi connectivity index (χ0v) is 15.1. The van der Waals surface area contributed by atoms with E-state index in [1.165, 1.54) is 11.3 Å². The van der Waals surface area contributed by atoms with Crippen LogP contribution >= 0.6 is 11.3 Å². The fraction of sp³-hybridized carbons (Fsp3) is 0.0952. The second-order valence-electron chi connectivity index (χ2n) is 6.33. The average Bonchev–Trinajstić information content (AvgIpc) is 3.28. The Bertz CT molecular complexity index is 1030. The Morgan fingerprint density at radius 2 is 1.96 bits per heavy atom. The van der Waals surface area contributed by atoms with E-state index in [0.29, 0.717) is 23.3 Å². The molecule has 0 saturated carbocycles. The highest BCUT2D eigenvalue weighted by Gasteiger charge is 2.29. The molecule has 2 amide bonds. The molecule has 1 unspecified atom stereocenters. The number of hydrogen-bond donors (Lipinski definition) is 2. The molecule has 6 heteroatoms. The number of carbonyl (C=O) groups is 3. The Kier molecular flexibility index (Phi) is 4.56. The predicted octanol–water partition coefficient (Wildman–Crippen LogP) is 3.83. The van der Waals surface area contributed by atoms with Crippen LogP contribution in [0.4, 0.5) is 11.4 Å². The zero-order chi connectivity index (χ0) is 18.8.